The van der Waals surface area contributed by atoms with Crippen LogP contribution in [0.3, 0.4) is 0 Å². The van der Waals surface area contributed by atoms with E-state index in [0.29, 0.717) is 31.9 Å². The maximum absolute atomic E-state index is 12.6. The molecule has 134 valence electrons. The number of nitrogens with zero attached hydrogens (tertiary/aromatic N) is 2. The Morgan fingerprint density at radius 3 is 2.72 bits per heavy atom. The van der Waals surface area contributed by atoms with Crippen LogP contribution in [0.25, 0.3) is 0 Å². The summed E-state index contributed by atoms with van der Waals surface area (Å²) in [6.07, 6.45) is 10.4. The smallest absolute Gasteiger partial charge is 0.226 e. The molecular weight excluding hydrogens is 318 g/mol. The predicted molar refractivity (Wildman–Crippen MR) is 93.7 cm³/mol. The summed E-state index contributed by atoms with van der Waals surface area (Å²) >= 11 is 0. The van der Waals surface area contributed by atoms with E-state index in [9.17, 15) is 9.59 Å². The standard InChI is InChI=1S/C19H25N3O3/c20-19(24)17-12-22(18(23)10-14-4-2-1-3-5-14)11-15(17)13-25-16-6-8-21-9-7-16/h4,6-9,15,17H,1-3,5,10-13H2,(H2,20,24)/t15-,17+/m0/s1. The lowest BCUT2D eigenvalue weighted by Gasteiger charge is -2.19. The van der Waals surface area contributed by atoms with Crippen molar-refractivity contribution >= 4 is 11.8 Å². The van der Waals surface area contributed by atoms with Gasteiger partial charge in [-0.15, -0.1) is 0 Å². The molecule has 1 aromatic heterocycles. The highest BCUT2D eigenvalue weighted by Crippen LogP contribution is 2.27. The zero-order chi connectivity index (χ0) is 17.6. The number of carbonyl (C=O) groups is 2. The fourth-order valence-electron chi connectivity index (χ4n) is 3.58. The van der Waals surface area contributed by atoms with Gasteiger partial charge in [0.25, 0.3) is 0 Å². The first-order chi connectivity index (χ1) is 12.1. The molecule has 2 heterocycles. The van der Waals surface area contributed by atoms with Gasteiger partial charge in [-0.1, -0.05) is 11.6 Å². The highest BCUT2D eigenvalue weighted by atomic mass is 16.5. The lowest BCUT2D eigenvalue weighted by atomic mass is 9.96. The Balaban J connectivity index is 1.58. The molecule has 2 amide bonds. The van der Waals surface area contributed by atoms with Gasteiger partial charge in [0.2, 0.25) is 11.8 Å². The fraction of sp³-hybridized carbons (Fsp3) is 0.526. The van der Waals surface area contributed by atoms with Crippen molar-refractivity contribution in [3.8, 4) is 5.75 Å². The molecular formula is C19H25N3O3. The van der Waals surface area contributed by atoms with Crippen LogP contribution in [-0.2, 0) is 9.59 Å². The Hall–Kier alpha value is -2.37. The van der Waals surface area contributed by atoms with Gasteiger partial charge in [0, 0.05) is 37.8 Å². The fourth-order valence-corrected chi connectivity index (χ4v) is 3.58. The van der Waals surface area contributed by atoms with E-state index in [1.807, 2.05) is 0 Å². The Kier molecular flexibility index (Phi) is 5.68. The summed E-state index contributed by atoms with van der Waals surface area (Å²) in [4.78, 5) is 30.1. The molecule has 0 aromatic carbocycles. The van der Waals surface area contributed by atoms with E-state index in [0.717, 1.165) is 19.3 Å². The van der Waals surface area contributed by atoms with Crippen molar-refractivity contribution in [1.29, 1.82) is 0 Å². The number of rotatable bonds is 6. The van der Waals surface area contributed by atoms with Crippen molar-refractivity contribution in [3.63, 3.8) is 0 Å². The molecule has 2 atom stereocenters. The second kappa shape index (κ2) is 8.14. The zero-order valence-corrected chi connectivity index (χ0v) is 14.4. The van der Waals surface area contributed by atoms with Gasteiger partial charge in [0.1, 0.15) is 5.75 Å². The Morgan fingerprint density at radius 1 is 1.24 bits per heavy atom. The quantitative estimate of drug-likeness (QED) is 0.800. The summed E-state index contributed by atoms with van der Waals surface area (Å²) in [5.41, 5.74) is 6.78. The van der Waals surface area contributed by atoms with Gasteiger partial charge < -0.3 is 15.4 Å². The summed E-state index contributed by atoms with van der Waals surface area (Å²) in [7, 11) is 0. The molecule has 1 saturated heterocycles. The van der Waals surface area contributed by atoms with Crippen molar-refractivity contribution in [1.82, 2.24) is 9.88 Å². The highest BCUT2D eigenvalue weighted by Gasteiger charge is 2.39. The van der Waals surface area contributed by atoms with Crippen molar-refractivity contribution in [2.45, 2.75) is 32.1 Å². The van der Waals surface area contributed by atoms with Crippen LogP contribution in [0.5, 0.6) is 5.75 Å². The van der Waals surface area contributed by atoms with Crippen molar-refractivity contribution < 1.29 is 14.3 Å². The Morgan fingerprint density at radius 2 is 2.04 bits per heavy atom. The van der Waals surface area contributed by atoms with Crippen molar-refractivity contribution in [2.75, 3.05) is 19.7 Å². The van der Waals surface area contributed by atoms with Crippen LogP contribution in [0.2, 0.25) is 0 Å². The van der Waals surface area contributed by atoms with Gasteiger partial charge in [-0.05, 0) is 37.8 Å². The summed E-state index contributed by atoms with van der Waals surface area (Å²) in [6.45, 7) is 1.28. The van der Waals surface area contributed by atoms with Gasteiger partial charge in [0.05, 0.1) is 12.5 Å². The minimum atomic E-state index is -0.365. The number of hydrogen-bond donors (Lipinski definition) is 1. The normalized spacial score (nSPS) is 23.2. The van der Waals surface area contributed by atoms with Gasteiger partial charge in [-0.25, -0.2) is 0 Å². The van der Waals surface area contributed by atoms with Crippen LogP contribution in [0.15, 0.2) is 36.2 Å². The molecule has 25 heavy (non-hydrogen) atoms. The molecule has 6 heteroatoms. The lowest BCUT2D eigenvalue weighted by molar-refractivity contribution is -0.129. The SMILES string of the molecule is NC(=O)[C@@H]1CN(C(=O)CC2=CCCCC2)C[C@H]1COc1ccncc1. The van der Waals surface area contributed by atoms with E-state index in [1.54, 1.807) is 29.4 Å². The molecule has 0 saturated carbocycles. The molecule has 0 unspecified atom stereocenters. The van der Waals surface area contributed by atoms with Gasteiger partial charge in [0.15, 0.2) is 0 Å². The third kappa shape index (κ3) is 4.59. The first-order valence-corrected chi connectivity index (χ1v) is 8.91. The average Bonchev–Trinajstić information content (AvgIpc) is 3.06. The lowest BCUT2D eigenvalue weighted by Crippen LogP contribution is -2.33. The number of hydrogen-bond acceptors (Lipinski definition) is 4. The third-order valence-corrected chi connectivity index (χ3v) is 5.04. The first kappa shape index (κ1) is 17.5. The van der Waals surface area contributed by atoms with E-state index in [4.69, 9.17) is 10.5 Å². The van der Waals surface area contributed by atoms with Gasteiger partial charge >= 0.3 is 0 Å². The van der Waals surface area contributed by atoms with Crippen LogP contribution >= 0.6 is 0 Å². The van der Waals surface area contributed by atoms with Crippen LogP contribution in [0, 0.1) is 11.8 Å². The van der Waals surface area contributed by atoms with E-state index in [2.05, 4.69) is 11.1 Å². The van der Waals surface area contributed by atoms with Crippen LogP contribution < -0.4 is 10.5 Å². The molecule has 0 spiro atoms. The molecule has 0 radical (unpaired) electrons. The number of allylic oxidation sites excluding steroid dienone is 1. The number of primary amides is 1. The number of aromatic nitrogens is 1. The topological polar surface area (TPSA) is 85.5 Å². The minimum absolute atomic E-state index is 0.0741. The van der Waals surface area contributed by atoms with Crippen LogP contribution in [-0.4, -0.2) is 41.4 Å². The second-order valence-corrected chi connectivity index (χ2v) is 6.85. The summed E-state index contributed by atoms with van der Waals surface area (Å²) in [6, 6.07) is 3.54. The summed E-state index contributed by atoms with van der Waals surface area (Å²) < 4.78 is 5.75. The second-order valence-electron chi connectivity index (χ2n) is 6.85. The summed E-state index contributed by atoms with van der Waals surface area (Å²) in [5, 5.41) is 0. The maximum atomic E-state index is 12.6. The largest absolute Gasteiger partial charge is 0.493 e. The highest BCUT2D eigenvalue weighted by molar-refractivity contribution is 5.82. The first-order valence-electron chi connectivity index (χ1n) is 8.91. The molecule has 1 aromatic rings. The molecule has 1 aliphatic carbocycles. The zero-order valence-electron chi connectivity index (χ0n) is 14.4. The van der Waals surface area contributed by atoms with Crippen LogP contribution in [0.4, 0.5) is 0 Å². The predicted octanol–water partition coefficient (Wildman–Crippen LogP) is 1.91. The number of pyridine rings is 1. The third-order valence-electron chi connectivity index (χ3n) is 5.04. The number of carbonyl (C=O) groups excluding carboxylic acids is 2. The van der Waals surface area contributed by atoms with Crippen molar-refractivity contribution in [3.05, 3.63) is 36.2 Å². The molecule has 1 fully saturated rings. The number of nitrogens with two attached hydrogens (primary N) is 1. The van der Waals surface area contributed by atoms with Crippen LogP contribution in [0.1, 0.15) is 32.1 Å². The molecule has 2 aliphatic rings. The maximum Gasteiger partial charge on any atom is 0.226 e. The molecule has 6 nitrogen and oxygen atoms in total. The molecule has 0 bridgehead atoms. The van der Waals surface area contributed by atoms with E-state index in [1.165, 1.54) is 12.0 Å². The van der Waals surface area contributed by atoms with Gasteiger partial charge in [-0.3, -0.25) is 14.6 Å². The molecule has 1 aliphatic heterocycles. The average molecular weight is 343 g/mol. The van der Waals surface area contributed by atoms with Gasteiger partial charge in [-0.2, -0.15) is 0 Å². The monoisotopic (exact) mass is 343 g/mol. The Labute approximate surface area is 148 Å². The minimum Gasteiger partial charge on any atom is -0.493 e. The van der Waals surface area contributed by atoms with Crippen molar-refractivity contribution in [2.24, 2.45) is 17.6 Å². The van der Waals surface area contributed by atoms with E-state index in [-0.39, 0.29) is 23.7 Å². The number of ether oxygens (including phenoxy) is 1. The Bertz CT molecular complexity index is 645. The summed E-state index contributed by atoms with van der Waals surface area (Å²) in [5.74, 6) is -0.00208. The van der Waals surface area contributed by atoms with E-state index < -0.39 is 0 Å². The number of amides is 2. The number of likely N-dealkylation sites (tertiary alicyclic amines) is 1. The van der Waals surface area contributed by atoms with E-state index >= 15 is 0 Å². The molecule has 3 rings (SSSR count). The molecule has 2 N–H and O–H groups in total.